The number of anilines is 1. The Hall–Kier alpha value is -3.66. The zero-order valence-electron chi connectivity index (χ0n) is 17.2. The first-order valence-electron chi connectivity index (χ1n) is 9.94. The van der Waals surface area contributed by atoms with Crippen LogP contribution >= 0.6 is 11.3 Å². The predicted molar refractivity (Wildman–Crippen MR) is 116 cm³/mol. The van der Waals surface area contributed by atoms with E-state index in [9.17, 15) is 18.4 Å². The Kier molecular flexibility index (Phi) is 7.04. The summed E-state index contributed by atoms with van der Waals surface area (Å²) in [6.07, 6.45) is 0. The van der Waals surface area contributed by atoms with Gasteiger partial charge in [-0.3, -0.25) is 4.79 Å². The van der Waals surface area contributed by atoms with Crippen LogP contribution in [0.4, 0.5) is 14.5 Å². The van der Waals surface area contributed by atoms with E-state index in [4.69, 9.17) is 14.2 Å². The van der Waals surface area contributed by atoms with Crippen molar-refractivity contribution < 1.29 is 37.3 Å². The highest BCUT2D eigenvalue weighted by molar-refractivity contribution is 7.09. The molecule has 0 radical (unpaired) electrons. The Morgan fingerprint density at radius 2 is 1.85 bits per heavy atom. The molecule has 0 unspecified atom stereocenters. The molecule has 1 aliphatic rings. The molecule has 33 heavy (non-hydrogen) atoms. The predicted octanol–water partition coefficient (Wildman–Crippen LogP) is 4.51. The van der Waals surface area contributed by atoms with Crippen LogP contribution in [0.2, 0.25) is 0 Å². The van der Waals surface area contributed by atoms with Gasteiger partial charge < -0.3 is 23.8 Å². The molecular weight excluding hydrogens is 456 g/mol. The van der Waals surface area contributed by atoms with Gasteiger partial charge in [0.2, 0.25) is 0 Å². The van der Waals surface area contributed by atoms with Gasteiger partial charge in [0.15, 0.2) is 18.1 Å². The summed E-state index contributed by atoms with van der Waals surface area (Å²) in [5, 5.41) is 1.90. The average molecular weight is 475 g/mol. The maximum atomic E-state index is 13.0. The van der Waals surface area contributed by atoms with Gasteiger partial charge in [-0.25, -0.2) is 4.79 Å². The Labute approximate surface area is 192 Å². The Morgan fingerprint density at radius 3 is 2.61 bits per heavy atom. The van der Waals surface area contributed by atoms with Crippen LogP contribution in [0.5, 0.6) is 17.2 Å². The highest BCUT2D eigenvalue weighted by atomic mass is 32.1. The Bertz CT molecular complexity index is 1120. The summed E-state index contributed by atoms with van der Waals surface area (Å²) in [6.45, 7) is -2.44. The first-order chi connectivity index (χ1) is 16.0. The van der Waals surface area contributed by atoms with Crippen molar-refractivity contribution >= 4 is 28.9 Å². The number of hydrogen-bond acceptors (Lipinski definition) is 7. The molecular formula is C23H19F2NO6S. The van der Waals surface area contributed by atoms with Crippen molar-refractivity contribution in [1.29, 1.82) is 0 Å². The van der Waals surface area contributed by atoms with Crippen LogP contribution in [-0.2, 0) is 16.1 Å². The molecule has 10 heteroatoms. The van der Waals surface area contributed by atoms with Crippen LogP contribution in [0, 0.1) is 0 Å². The molecule has 0 N–H and O–H groups in total. The van der Waals surface area contributed by atoms with Gasteiger partial charge in [-0.05, 0) is 41.8 Å². The van der Waals surface area contributed by atoms with E-state index in [1.165, 1.54) is 34.4 Å². The normalized spacial score (nSPS) is 12.3. The lowest BCUT2D eigenvalue weighted by Crippen LogP contribution is -2.34. The molecule has 0 saturated carbocycles. The highest BCUT2D eigenvalue weighted by Gasteiger charge is 2.22. The number of carbonyl (C=O) groups is 2. The van der Waals surface area contributed by atoms with Gasteiger partial charge in [0.1, 0.15) is 19.0 Å². The molecule has 0 bridgehead atoms. The molecule has 7 nitrogen and oxygen atoms in total. The van der Waals surface area contributed by atoms with Crippen molar-refractivity contribution in [2.75, 3.05) is 24.7 Å². The average Bonchev–Trinajstić information content (AvgIpc) is 3.33. The number of nitrogens with zero attached hydrogens (tertiary/aromatic N) is 1. The summed E-state index contributed by atoms with van der Waals surface area (Å²) < 4.78 is 45.4. The lowest BCUT2D eigenvalue weighted by Gasteiger charge is -2.25. The highest BCUT2D eigenvalue weighted by Crippen LogP contribution is 2.34. The van der Waals surface area contributed by atoms with Crippen molar-refractivity contribution in [1.82, 2.24) is 0 Å². The fourth-order valence-electron chi connectivity index (χ4n) is 3.17. The van der Waals surface area contributed by atoms with Crippen molar-refractivity contribution in [2.45, 2.75) is 13.2 Å². The van der Waals surface area contributed by atoms with Crippen LogP contribution in [0.1, 0.15) is 15.2 Å². The van der Waals surface area contributed by atoms with Gasteiger partial charge in [0.05, 0.1) is 12.1 Å². The molecule has 0 saturated heterocycles. The van der Waals surface area contributed by atoms with Crippen molar-refractivity contribution in [3.8, 4) is 17.2 Å². The molecule has 2 aromatic carbocycles. The van der Waals surface area contributed by atoms with Gasteiger partial charge in [0.25, 0.3) is 5.91 Å². The molecule has 0 spiro atoms. The minimum absolute atomic E-state index is 0.00918. The quantitative estimate of drug-likeness (QED) is 0.447. The fraction of sp³-hybridized carbons (Fsp3) is 0.217. The van der Waals surface area contributed by atoms with E-state index in [-0.39, 0.29) is 17.9 Å². The standard InChI is InChI=1S/C23H19F2NO6S/c24-23(25)32-17-4-1-3-15(11-17)22(28)31-14-21(27)26(13-18-5-2-10-33-18)16-6-7-19-20(12-16)30-9-8-29-19/h1-7,10-12,23H,8-9,13-14H2. The molecule has 3 aromatic rings. The van der Waals surface area contributed by atoms with Gasteiger partial charge in [-0.15, -0.1) is 11.3 Å². The van der Waals surface area contributed by atoms with Crippen LogP contribution in [-0.4, -0.2) is 38.3 Å². The fourth-order valence-corrected chi connectivity index (χ4v) is 3.86. The zero-order chi connectivity index (χ0) is 23.2. The van der Waals surface area contributed by atoms with E-state index in [0.29, 0.717) is 30.4 Å². The second kappa shape index (κ2) is 10.3. The molecule has 4 rings (SSSR count). The summed E-state index contributed by atoms with van der Waals surface area (Å²) in [5.41, 5.74) is 0.547. The molecule has 1 aromatic heterocycles. The van der Waals surface area contributed by atoms with Crippen LogP contribution in [0.15, 0.2) is 60.0 Å². The number of halogens is 2. The smallest absolute Gasteiger partial charge is 0.387 e. The summed E-state index contributed by atoms with van der Waals surface area (Å²) in [4.78, 5) is 27.8. The third kappa shape index (κ3) is 5.78. The van der Waals surface area contributed by atoms with Crippen LogP contribution in [0.3, 0.4) is 0 Å². The summed E-state index contributed by atoms with van der Waals surface area (Å²) in [5.74, 6) is -0.363. The second-order valence-electron chi connectivity index (χ2n) is 6.87. The van der Waals surface area contributed by atoms with E-state index in [1.54, 1.807) is 18.2 Å². The van der Waals surface area contributed by atoms with Gasteiger partial charge >= 0.3 is 12.6 Å². The molecule has 0 fully saturated rings. The van der Waals surface area contributed by atoms with Crippen LogP contribution < -0.4 is 19.1 Å². The minimum atomic E-state index is -3.02. The summed E-state index contributed by atoms with van der Waals surface area (Å²) >= 11 is 1.49. The molecule has 2 heterocycles. The zero-order valence-corrected chi connectivity index (χ0v) is 18.1. The van der Waals surface area contributed by atoms with E-state index in [2.05, 4.69) is 4.74 Å². The van der Waals surface area contributed by atoms with E-state index in [0.717, 1.165) is 10.9 Å². The lowest BCUT2D eigenvalue weighted by atomic mass is 10.2. The van der Waals surface area contributed by atoms with Crippen molar-refractivity contribution in [2.24, 2.45) is 0 Å². The maximum absolute atomic E-state index is 13.0. The van der Waals surface area contributed by atoms with Crippen molar-refractivity contribution in [3.05, 3.63) is 70.4 Å². The van der Waals surface area contributed by atoms with Gasteiger partial charge in [-0.2, -0.15) is 8.78 Å². The molecule has 1 amide bonds. The molecule has 1 aliphatic heterocycles. The maximum Gasteiger partial charge on any atom is 0.387 e. The van der Waals surface area contributed by atoms with E-state index >= 15 is 0 Å². The number of rotatable bonds is 8. The number of esters is 1. The Morgan fingerprint density at radius 1 is 1.03 bits per heavy atom. The summed E-state index contributed by atoms with van der Waals surface area (Å²) in [6, 6.07) is 14.1. The van der Waals surface area contributed by atoms with Gasteiger partial charge in [0, 0.05) is 16.6 Å². The number of fused-ring (bicyclic) bond motifs is 1. The SMILES string of the molecule is O=C(OCC(=O)N(Cc1cccs1)c1ccc2c(c1)OCCO2)c1cccc(OC(F)F)c1. The number of thiophene rings is 1. The lowest BCUT2D eigenvalue weighted by molar-refractivity contribution is -0.121. The molecule has 172 valence electrons. The monoisotopic (exact) mass is 475 g/mol. The molecule has 0 aliphatic carbocycles. The third-order valence-electron chi connectivity index (χ3n) is 4.65. The number of carbonyl (C=O) groups excluding carboxylic acids is 2. The largest absolute Gasteiger partial charge is 0.486 e. The number of benzene rings is 2. The number of ether oxygens (including phenoxy) is 4. The third-order valence-corrected chi connectivity index (χ3v) is 5.52. The number of alkyl halides is 2. The van der Waals surface area contributed by atoms with Crippen LogP contribution in [0.25, 0.3) is 0 Å². The molecule has 0 atom stereocenters. The van der Waals surface area contributed by atoms with Gasteiger partial charge in [-0.1, -0.05) is 12.1 Å². The first kappa shape index (κ1) is 22.5. The summed E-state index contributed by atoms with van der Waals surface area (Å²) in [7, 11) is 0. The first-order valence-corrected chi connectivity index (χ1v) is 10.8. The number of amides is 1. The second-order valence-corrected chi connectivity index (χ2v) is 7.90. The topological polar surface area (TPSA) is 74.3 Å². The minimum Gasteiger partial charge on any atom is -0.486 e. The van der Waals surface area contributed by atoms with Crippen molar-refractivity contribution in [3.63, 3.8) is 0 Å². The Balaban J connectivity index is 1.48. The van der Waals surface area contributed by atoms with E-state index < -0.39 is 25.1 Å². The number of hydrogen-bond donors (Lipinski definition) is 0. The van der Waals surface area contributed by atoms with E-state index in [1.807, 2.05) is 17.5 Å².